The Morgan fingerprint density at radius 1 is 1.30 bits per heavy atom. The third kappa shape index (κ3) is 3.51. The molecule has 20 heavy (non-hydrogen) atoms. The lowest BCUT2D eigenvalue weighted by Crippen LogP contribution is -2.45. The molecule has 1 saturated heterocycles. The van der Waals surface area contributed by atoms with Crippen molar-refractivity contribution in [1.29, 1.82) is 0 Å². The second kappa shape index (κ2) is 6.42. The summed E-state index contributed by atoms with van der Waals surface area (Å²) in [5.74, 6) is 0.457. The molecule has 0 radical (unpaired) electrons. The van der Waals surface area contributed by atoms with Crippen LogP contribution < -0.4 is 5.32 Å². The van der Waals surface area contributed by atoms with Crippen LogP contribution in [0.3, 0.4) is 0 Å². The maximum atomic E-state index is 11.7. The number of nitrogens with one attached hydrogen (secondary N) is 1. The van der Waals surface area contributed by atoms with Crippen LogP contribution in [0.1, 0.15) is 24.9 Å². The predicted octanol–water partition coefficient (Wildman–Crippen LogP) is 0.492. The average Bonchev–Trinajstić information content (AvgIpc) is 2.40. The number of ether oxygens (including phenoxy) is 1. The number of aromatic nitrogens is 2. The minimum atomic E-state index is -0.352. The summed E-state index contributed by atoms with van der Waals surface area (Å²) >= 11 is 0. The molecule has 1 aromatic rings. The smallest absolute Gasteiger partial charge is 0.255 e. The van der Waals surface area contributed by atoms with E-state index in [0.29, 0.717) is 11.6 Å². The van der Waals surface area contributed by atoms with Gasteiger partial charge in [0.05, 0.1) is 6.54 Å². The van der Waals surface area contributed by atoms with Crippen molar-refractivity contribution in [3.63, 3.8) is 0 Å². The van der Waals surface area contributed by atoms with Crippen molar-refractivity contribution < 1.29 is 14.3 Å². The van der Waals surface area contributed by atoms with Gasteiger partial charge in [-0.25, -0.2) is 9.97 Å². The SMILES string of the molecule is CCCNc1cc(C)nc(CN2C(=O)COCC2=O)n1. The van der Waals surface area contributed by atoms with Crippen molar-refractivity contribution in [1.82, 2.24) is 14.9 Å². The van der Waals surface area contributed by atoms with Crippen LogP contribution in [0.2, 0.25) is 0 Å². The number of hydrogen-bond donors (Lipinski definition) is 1. The molecular formula is C13H18N4O3. The zero-order valence-corrected chi connectivity index (χ0v) is 11.7. The Kier molecular flexibility index (Phi) is 4.62. The zero-order chi connectivity index (χ0) is 14.5. The number of rotatable bonds is 5. The van der Waals surface area contributed by atoms with Crippen LogP contribution in [0.25, 0.3) is 0 Å². The average molecular weight is 278 g/mol. The fourth-order valence-corrected chi connectivity index (χ4v) is 1.88. The molecule has 1 aromatic heterocycles. The molecule has 1 fully saturated rings. The van der Waals surface area contributed by atoms with Gasteiger partial charge in [-0.1, -0.05) is 6.92 Å². The van der Waals surface area contributed by atoms with Crippen molar-refractivity contribution in [2.24, 2.45) is 0 Å². The number of carbonyl (C=O) groups excluding carboxylic acids is 2. The number of hydrogen-bond acceptors (Lipinski definition) is 6. The quantitative estimate of drug-likeness (QED) is 0.789. The van der Waals surface area contributed by atoms with Gasteiger partial charge in [-0.2, -0.15) is 0 Å². The van der Waals surface area contributed by atoms with E-state index >= 15 is 0 Å². The third-order valence-electron chi connectivity index (χ3n) is 2.81. The zero-order valence-electron chi connectivity index (χ0n) is 11.7. The van der Waals surface area contributed by atoms with Gasteiger partial charge in [0, 0.05) is 18.3 Å². The maximum absolute atomic E-state index is 11.7. The van der Waals surface area contributed by atoms with Crippen molar-refractivity contribution in [3.05, 3.63) is 17.6 Å². The Labute approximate surface area is 117 Å². The van der Waals surface area contributed by atoms with E-state index < -0.39 is 0 Å². The van der Waals surface area contributed by atoms with Gasteiger partial charge in [0.25, 0.3) is 11.8 Å². The highest BCUT2D eigenvalue weighted by molar-refractivity contribution is 5.98. The van der Waals surface area contributed by atoms with E-state index in [2.05, 4.69) is 22.2 Å². The molecule has 1 N–H and O–H groups in total. The first-order valence-corrected chi connectivity index (χ1v) is 6.59. The first-order chi connectivity index (χ1) is 9.60. The predicted molar refractivity (Wildman–Crippen MR) is 71.9 cm³/mol. The summed E-state index contributed by atoms with van der Waals surface area (Å²) in [4.78, 5) is 33.1. The van der Waals surface area contributed by atoms with Crippen LogP contribution in [-0.2, 0) is 20.9 Å². The number of anilines is 1. The molecule has 2 heterocycles. The molecule has 2 amide bonds. The standard InChI is InChI=1S/C13H18N4O3/c1-3-4-14-10-5-9(2)15-11(16-10)6-17-12(18)7-20-8-13(17)19/h5H,3-4,6-8H2,1-2H3,(H,14,15,16). The lowest BCUT2D eigenvalue weighted by molar-refractivity contribution is -0.159. The normalized spacial score (nSPS) is 15.6. The van der Waals surface area contributed by atoms with Crippen molar-refractivity contribution in [2.45, 2.75) is 26.8 Å². The largest absolute Gasteiger partial charge is 0.370 e. The molecule has 0 spiro atoms. The van der Waals surface area contributed by atoms with E-state index in [0.717, 1.165) is 23.6 Å². The van der Waals surface area contributed by atoms with Crippen molar-refractivity contribution in [2.75, 3.05) is 25.1 Å². The fraction of sp³-hybridized carbons (Fsp3) is 0.538. The minimum Gasteiger partial charge on any atom is -0.370 e. The minimum absolute atomic E-state index is 0.0709. The summed E-state index contributed by atoms with van der Waals surface area (Å²) in [5.41, 5.74) is 0.793. The van der Waals surface area contributed by atoms with Gasteiger partial charge in [0.15, 0.2) is 5.82 Å². The molecule has 7 nitrogen and oxygen atoms in total. The Balaban J connectivity index is 2.13. The first kappa shape index (κ1) is 14.4. The first-order valence-electron chi connectivity index (χ1n) is 6.59. The number of carbonyl (C=O) groups is 2. The maximum Gasteiger partial charge on any atom is 0.255 e. The summed E-state index contributed by atoms with van der Waals surface area (Å²) in [6, 6.07) is 1.84. The van der Waals surface area contributed by atoms with E-state index in [9.17, 15) is 9.59 Å². The molecule has 1 aliphatic heterocycles. The van der Waals surface area contributed by atoms with Gasteiger partial charge in [-0.15, -0.1) is 0 Å². The number of amides is 2. The monoisotopic (exact) mass is 278 g/mol. The van der Waals surface area contributed by atoms with Gasteiger partial charge in [0.2, 0.25) is 0 Å². The van der Waals surface area contributed by atoms with Crippen LogP contribution in [0, 0.1) is 6.92 Å². The summed E-state index contributed by atoms with van der Waals surface area (Å²) in [5, 5.41) is 3.17. The van der Waals surface area contributed by atoms with Gasteiger partial charge in [0.1, 0.15) is 19.0 Å². The number of imide groups is 1. The van der Waals surface area contributed by atoms with Gasteiger partial charge in [-0.3, -0.25) is 14.5 Å². The topological polar surface area (TPSA) is 84.4 Å². The van der Waals surface area contributed by atoms with Crippen LogP contribution in [0.15, 0.2) is 6.07 Å². The second-order valence-corrected chi connectivity index (χ2v) is 4.60. The van der Waals surface area contributed by atoms with E-state index in [1.165, 1.54) is 0 Å². The van der Waals surface area contributed by atoms with Gasteiger partial charge < -0.3 is 10.1 Å². The Bertz CT molecular complexity index is 502. The summed E-state index contributed by atoms with van der Waals surface area (Å²) in [6.07, 6.45) is 0.985. The fourth-order valence-electron chi connectivity index (χ4n) is 1.88. The molecule has 1 aliphatic rings. The molecule has 108 valence electrons. The Morgan fingerprint density at radius 2 is 2.00 bits per heavy atom. The molecule has 0 atom stereocenters. The molecule has 0 unspecified atom stereocenters. The number of morpholine rings is 1. The van der Waals surface area contributed by atoms with Crippen molar-refractivity contribution in [3.8, 4) is 0 Å². The summed E-state index contributed by atoms with van der Waals surface area (Å²) < 4.78 is 4.87. The highest BCUT2D eigenvalue weighted by Crippen LogP contribution is 2.10. The van der Waals surface area contributed by atoms with Gasteiger partial charge >= 0.3 is 0 Å². The molecule has 7 heteroatoms. The third-order valence-corrected chi connectivity index (χ3v) is 2.81. The number of nitrogens with zero attached hydrogens (tertiary/aromatic N) is 3. The summed E-state index contributed by atoms with van der Waals surface area (Å²) in [6.45, 7) is 4.67. The summed E-state index contributed by atoms with van der Waals surface area (Å²) in [7, 11) is 0. The van der Waals surface area contributed by atoms with E-state index in [1.54, 1.807) is 0 Å². The van der Waals surface area contributed by atoms with E-state index in [1.807, 2.05) is 13.0 Å². The lowest BCUT2D eigenvalue weighted by atomic mass is 10.3. The lowest BCUT2D eigenvalue weighted by Gasteiger charge is -2.24. The Morgan fingerprint density at radius 3 is 2.65 bits per heavy atom. The molecule has 0 aromatic carbocycles. The highest BCUT2D eigenvalue weighted by Gasteiger charge is 2.27. The van der Waals surface area contributed by atoms with Gasteiger partial charge in [-0.05, 0) is 13.3 Å². The van der Waals surface area contributed by atoms with Crippen LogP contribution in [-0.4, -0.2) is 46.4 Å². The molecule has 0 saturated carbocycles. The number of aryl methyl sites for hydroxylation is 1. The second-order valence-electron chi connectivity index (χ2n) is 4.60. The highest BCUT2D eigenvalue weighted by atomic mass is 16.5. The van der Waals surface area contributed by atoms with E-state index in [-0.39, 0.29) is 31.6 Å². The molecule has 0 bridgehead atoms. The van der Waals surface area contributed by atoms with E-state index in [4.69, 9.17) is 4.74 Å². The molecule has 0 aliphatic carbocycles. The van der Waals surface area contributed by atoms with Crippen molar-refractivity contribution >= 4 is 17.6 Å². The van der Waals surface area contributed by atoms with Crippen LogP contribution in [0.5, 0.6) is 0 Å². The van der Waals surface area contributed by atoms with Crippen LogP contribution in [0.4, 0.5) is 5.82 Å². The van der Waals surface area contributed by atoms with Crippen LogP contribution >= 0.6 is 0 Å². The Hall–Kier alpha value is -2.02. The molecular weight excluding hydrogens is 260 g/mol. The molecule has 2 rings (SSSR count).